The largest absolute Gasteiger partial charge is 0.494 e. The van der Waals surface area contributed by atoms with E-state index in [9.17, 15) is 9.59 Å². The molecule has 7 heteroatoms. The molecule has 3 aromatic rings. The van der Waals surface area contributed by atoms with Crippen LogP contribution in [0, 0.1) is 0 Å². The van der Waals surface area contributed by atoms with Gasteiger partial charge in [-0.15, -0.1) is 0 Å². The average molecular weight is 272 g/mol. The summed E-state index contributed by atoms with van der Waals surface area (Å²) in [5.74, 6) is 0.631. The number of imidazole rings is 1. The number of hydrogen-bond acceptors (Lipinski definition) is 4. The Morgan fingerprint density at radius 3 is 3.00 bits per heavy atom. The van der Waals surface area contributed by atoms with E-state index in [1.54, 1.807) is 24.3 Å². The van der Waals surface area contributed by atoms with E-state index < -0.39 is 5.69 Å². The van der Waals surface area contributed by atoms with Crippen molar-refractivity contribution in [3.63, 3.8) is 0 Å². The molecule has 3 rings (SSSR count). The number of aromatic nitrogens is 4. The van der Waals surface area contributed by atoms with Crippen LogP contribution in [0.15, 0.2) is 40.2 Å². The van der Waals surface area contributed by atoms with Crippen molar-refractivity contribution in [3.8, 4) is 11.4 Å². The molecule has 7 nitrogen and oxygen atoms in total. The molecular formula is C13H12N4O3. The van der Waals surface area contributed by atoms with Gasteiger partial charge in [0.1, 0.15) is 5.75 Å². The Labute approximate surface area is 112 Å². The standard InChI is InChI=1S/C13H12N4O3/c1-2-20-9-5-3-4-8(6-9)17-10-11(16-13(17)19)14-7-15-12(10)18/h3-7H,2H2,1H3,(H2,14,15,16,18,19). The summed E-state index contributed by atoms with van der Waals surface area (Å²) >= 11 is 0. The van der Waals surface area contributed by atoms with Gasteiger partial charge in [-0.2, -0.15) is 0 Å². The first-order valence-corrected chi connectivity index (χ1v) is 6.12. The van der Waals surface area contributed by atoms with Crippen molar-refractivity contribution in [1.29, 1.82) is 0 Å². The summed E-state index contributed by atoms with van der Waals surface area (Å²) in [6.07, 6.45) is 1.25. The van der Waals surface area contributed by atoms with Crippen molar-refractivity contribution in [2.75, 3.05) is 6.61 Å². The maximum atomic E-state index is 12.0. The van der Waals surface area contributed by atoms with E-state index >= 15 is 0 Å². The Balaban J connectivity index is 2.29. The summed E-state index contributed by atoms with van der Waals surface area (Å²) in [4.78, 5) is 32.9. The number of fused-ring (bicyclic) bond motifs is 1. The molecular weight excluding hydrogens is 260 g/mol. The molecule has 0 bridgehead atoms. The first kappa shape index (κ1) is 12.2. The minimum absolute atomic E-state index is 0.186. The number of hydrogen-bond donors (Lipinski definition) is 2. The lowest BCUT2D eigenvalue weighted by atomic mass is 10.3. The quantitative estimate of drug-likeness (QED) is 0.737. The minimum atomic E-state index is -0.419. The predicted octanol–water partition coefficient (Wildman–Crippen LogP) is 0.801. The highest BCUT2D eigenvalue weighted by Crippen LogP contribution is 2.17. The van der Waals surface area contributed by atoms with Crippen LogP contribution in [0.25, 0.3) is 16.9 Å². The summed E-state index contributed by atoms with van der Waals surface area (Å²) in [5, 5.41) is 0. The Hall–Kier alpha value is -2.83. The van der Waals surface area contributed by atoms with Crippen molar-refractivity contribution in [2.24, 2.45) is 0 Å². The third kappa shape index (κ3) is 1.89. The molecule has 0 aliphatic heterocycles. The highest BCUT2D eigenvalue weighted by atomic mass is 16.5. The predicted molar refractivity (Wildman–Crippen MR) is 73.5 cm³/mol. The molecule has 0 amide bonds. The molecule has 0 aliphatic rings. The third-order valence-electron chi connectivity index (χ3n) is 2.87. The van der Waals surface area contributed by atoms with Crippen LogP contribution in [0.1, 0.15) is 6.92 Å². The van der Waals surface area contributed by atoms with E-state index in [0.717, 1.165) is 0 Å². The molecule has 0 saturated heterocycles. The maximum absolute atomic E-state index is 12.0. The number of ether oxygens (including phenoxy) is 1. The van der Waals surface area contributed by atoms with Gasteiger partial charge in [0, 0.05) is 6.07 Å². The SMILES string of the molecule is CCOc1cccc(-n2c(=O)[nH]c3nc[nH]c(=O)c32)c1. The lowest BCUT2D eigenvalue weighted by Gasteiger charge is -2.06. The molecule has 20 heavy (non-hydrogen) atoms. The highest BCUT2D eigenvalue weighted by molar-refractivity contribution is 5.71. The second-order valence-corrected chi connectivity index (χ2v) is 4.12. The van der Waals surface area contributed by atoms with Crippen LogP contribution >= 0.6 is 0 Å². The van der Waals surface area contributed by atoms with Crippen molar-refractivity contribution in [2.45, 2.75) is 6.92 Å². The molecule has 2 heterocycles. The second-order valence-electron chi connectivity index (χ2n) is 4.12. The molecule has 0 aliphatic carbocycles. The molecule has 2 aromatic heterocycles. The Morgan fingerprint density at radius 2 is 2.20 bits per heavy atom. The fraction of sp³-hybridized carbons (Fsp3) is 0.154. The van der Waals surface area contributed by atoms with E-state index in [1.165, 1.54) is 10.9 Å². The van der Waals surface area contributed by atoms with E-state index in [-0.39, 0.29) is 16.7 Å². The fourth-order valence-corrected chi connectivity index (χ4v) is 2.08. The molecule has 0 fully saturated rings. The van der Waals surface area contributed by atoms with E-state index in [0.29, 0.717) is 18.0 Å². The fourth-order valence-electron chi connectivity index (χ4n) is 2.08. The maximum Gasteiger partial charge on any atom is 0.332 e. The van der Waals surface area contributed by atoms with Gasteiger partial charge < -0.3 is 9.72 Å². The van der Waals surface area contributed by atoms with Crippen LogP contribution < -0.4 is 16.0 Å². The van der Waals surface area contributed by atoms with Gasteiger partial charge in [0.25, 0.3) is 5.56 Å². The number of H-pyrrole nitrogens is 2. The summed E-state index contributed by atoms with van der Waals surface area (Å²) < 4.78 is 6.68. The number of nitrogens with one attached hydrogen (secondary N) is 2. The van der Waals surface area contributed by atoms with Gasteiger partial charge in [0.2, 0.25) is 0 Å². The minimum Gasteiger partial charge on any atom is -0.494 e. The number of aromatic amines is 2. The summed E-state index contributed by atoms with van der Waals surface area (Å²) in [6, 6.07) is 6.97. The Morgan fingerprint density at radius 1 is 1.35 bits per heavy atom. The zero-order chi connectivity index (χ0) is 14.1. The molecule has 102 valence electrons. The lowest BCUT2D eigenvalue weighted by molar-refractivity contribution is 0.340. The summed E-state index contributed by atoms with van der Waals surface area (Å²) in [7, 11) is 0. The van der Waals surface area contributed by atoms with E-state index in [2.05, 4.69) is 15.0 Å². The lowest BCUT2D eigenvalue weighted by Crippen LogP contribution is -2.18. The van der Waals surface area contributed by atoms with Gasteiger partial charge in [0.15, 0.2) is 11.2 Å². The smallest absolute Gasteiger partial charge is 0.332 e. The monoisotopic (exact) mass is 272 g/mol. The molecule has 0 radical (unpaired) electrons. The Kier molecular flexibility index (Phi) is 2.86. The normalized spacial score (nSPS) is 10.8. The first-order valence-electron chi connectivity index (χ1n) is 6.12. The summed E-state index contributed by atoms with van der Waals surface area (Å²) in [5.41, 5.74) is 0.186. The molecule has 2 N–H and O–H groups in total. The van der Waals surface area contributed by atoms with Crippen molar-refractivity contribution < 1.29 is 4.74 Å². The van der Waals surface area contributed by atoms with Crippen LogP contribution in [0.4, 0.5) is 0 Å². The van der Waals surface area contributed by atoms with Crippen LogP contribution in [0.3, 0.4) is 0 Å². The third-order valence-corrected chi connectivity index (χ3v) is 2.87. The summed E-state index contributed by atoms with van der Waals surface area (Å²) in [6.45, 7) is 2.40. The van der Waals surface area contributed by atoms with Crippen molar-refractivity contribution >= 4 is 11.2 Å². The molecule has 0 atom stereocenters. The first-order chi connectivity index (χ1) is 9.70. The highest BCUT2D eigenvalue weighted by Gasteiger charge is 2.13. The van der Waals surface area contributed by atoms with Crippen molar-refractivity contribution in [3.05, 3.63) is 51.4 Å². The van der Waals surface area contributed by atoms with Gasteiger partial charge in [0.05, 0.1) is 18.6 Å². The van der Waals surface area contributed by atoms with Crippen LogP contribution in [-0.4, -0.2) is 26.1 Å². The van der Waals surface area contributed by atoms with Crippen LogP contribution in [-0.2, 0) is 0 Å². The zero-order valence-corrected chi connectivity index (χ0v) is 10.7. The van der Waals surface area contributed by atoms with Crippen LogP contribution in [0.2, 0.25) is 0 Å². The molecule has 1 aromatic carbocycles. The van der Waals surface area contributed by atoms with E-state index in [1.807, 2.05) is 6.92 Å². The number of nitrogens with zero attached hydrogens (tertiary/aromatic N) is 2. The van der Waals surface area contributed by atoms with E-state index in [4.69, 9.17) is 4.74 Å². The Bertz CT molecular complexity index is 875. The second kappa shape index (κ2) is 4.69. The van der Waals surface area contributed by atoms with Crippen molar-refractivity contribution in [1.82, 2.24) is 19.5 Å². The van der Waals surface area contributed by atoms with Gasteiger partial charge >= 0.3 is 5.69 Å². The van der Waals surface area contributed by atoms with Gasteiger partial charge in [-0.3, -0.25) is 14.3 Å². The van der Waals surface area contributed by atoms with Gasteiger partial charge in [-0.05, 0) is 19.1 Å². The molecule has 0 saturated carbocycles. The number of benzene rings is 1. The average Bonchev–Trinajstić information content (AvgIpc) is 2.77. The topological polar surface area (TPSA) is 92.8 Å². The van der Waals surface area contributed by atoms with Gasteiger partial charge in [-0.25, -0.2) is 9.78 Å². The van der Waals surface area contributed by atoms with Gasteiger partial charge in [-0.1, -0.05) is 6.07 Å². The zero-order valence-electron chi connectivity index (χ0n) is 10.7. The van der Waals surface area contributed by atoms with Crippen LogP contribution in [0.5, 0.6) is 5.75 Å². The molecule has 0 unspecified atom stereocenters. The number of rotatable bonds is 3. The molecule has 0 spiro atoms.